The van der Waals surface area contributed by atoms with Crippen LogP contribution in [0.25, 0.3) is 0 Å². The summed E-state index contributed by atoms with van der Waals surface area (Å²) >= 11 is 5.87. The fraction of sp³-hybridized carbons (Fsp3) is 0.381. The van der Waals surface area contributed by atoms with E-state index in [4.69, 9.17) is 11.6 Å². The summed E-state index contributed by atoms with van der Waals surface area (Å²) in [6.45, 7) is 2.11. The van der Waals surface area contributed by atoms with Gasteiger partial charge in [-0.25, -0.2) is 8.42 Å². The lowest BCUT2D eigenvalue weighted by atomic mass is 10.0. The standard InChI is InChI=1S/C21H26ClN3O3S/c1-29(27,28)25(19-11-9-18(22)10-12-19)16-21(26)23-13-5-15-24-14-4-7-17-6-2-3-8-20(17)24/h2-3,6,8-12H,4-5,7,13-16H2,1H3,(H,23,26). The number of halogens is 1. The summed E-state index contributed by atoms with van der Waals surface area (Å²) in [6, 6.07) is 14.8. The second-order valence-corrected chi connectivity index (χ2v) is 9.51. The van der Waals surface area contributed by atoms with Gasteiger partial charge < -0.3 is 10.2 Å². The second-order valence-electron chi connectivity index (χ2n) is 7.17. The first-order chi connectivity index (χ1) is 13.8. The Morgan fingerprint density at radius 1 is 1.17 bits per heavy atom. The Hall–Kier alpha value is -2.25. The van der Waals surface area contributed by atoms with E-state index in [-0.39, 0.29) is 12.5 Å². The molecule has 0 fully saturated rings. The third kappa shape index (κ3) is 5.87. The van der Waals surface area contributed by atoms with Crippen molar-refractivity contribution in [3.05, 3.63) is 59.1 Å². The molecular formula is C21H26ClN3O3S. The SMILES string of the molecule is CS(=O)(=O)N(CC(=O)NCCCN1CCCc2ccccc21)c1ccc(Cl)cc1. The summed E-state index contributed by atoms with van der Waals surface area (Å²) in [6.07, 6.45) is 4.12. The van der Waals surface area contributed by atoms with Crippen LogP contribution in [0.2, 0.25) is 5.02 Å². The van der Waals surface area contributed by atoms with Crippen molar-refractivity contribution < 1.29 is 13.2 Å². The predicted octanol–water partition coefficient (Wildman–Crippen LogP) is 3.07. The molecule has 6 nitrogen and oxygen atoms in total. The fourth-order valence-corrected chi connectivity index (χ4v) is 4.52. The van der Waals surface area contributed by atoms with Crippen LogP contribution in [0.4, 0.5) is 11.4 Å². The van der Waals surface area contributed by atoms with Crippen LogP contribution >= 0.6 is 11.6 Å². The number of sulfonamides is 1. The van der Waals surface area contributed by atoms with Crippen LogP contribution in [0.3, 0.4) is 0 Å². The van der Waals surface area contributed by atoms with Gasteiger partial charge in [0.1, 0.15) is 6.54 Å². The molecule has 8 heteroatoms. The van der Waals surface area contributed by atoms with E-state index >= 15 is 0 Å². The lowest BCUT2D eigenvalue weighted by molar-refractivity contribution is -0.119. The molecule has 0 bridgehead atoms. The van der Waals surface area contributed by atoms with Gasteiger partial charge in [0, 0.05) is 30.3 Å². The van der Waals surface area contributed by atoms with E-state index in [1.807, 2.05) is 0 Å². The molecule has 1 aliphatic heterocycles. The van der Waals surface area contributed by atoms with E-state index in [1.165, 1.54) is 11.3 Å². The van der Waals surface area contributed by atoms with Gasteiger partial charge in [-0.3, -0.25) is 9.10 Å². The zero-order valence-corrected chi connectivity index (χ0v) is 18.0. The molecule has 0 aromatic heterocycles. The maximum atomic E-state index is 12.3. The van der Waals surface area contributed by atoms with E-state index in [1.54, 1.807) is 24.3 Å². The third-order valence-electron chi connectivity index (χ3n) is 4.94. The Bertz CT molecular complexity index is 948. The number of aryl methyl sites for hydroxylation is 1. The predicted molar refractivity (Wildman–Crippen MR) is 118 cm³/mol. The van der Waals surface area contributed by atoms with Gasteiger partial charge in [-0.05, 0) is 55.2 Å². The molecule has 29 heavy (non-hydrogen) atoms. The number of carbonyl (C=O) groups is 1. The van der Waals surface area contributed by atoms with Crippen LogP contribution in [0.1, 0.15) is 18.4 Å². The summed E-state index contributed by atoms with van der Waals surface area (Å²) in [5, 5.41) is 3.34. The van der Waals surface area contributed by atoms with Crippen molar-refractivity contribution in [1.29, 1.82) is 0 Å². The number of hydrogen-bond donors (Lipinski definition) is 1. The molecule has 0 radical (unpaired) electrons. The largest absolute Gasteiger partial charge is 0.371 e. The lowest BCUT2D eigenvalue weighted by Gasteiger charge is -2.31. The first-order valence-electron chi connectivity index (χ1n) is 9.67. The van der Waals surface area contributed by atoms with Crippen molar-refractivity contribution in [2.45, 2.75) is 19.3 Å². The fourth-order valence-electron chi connectivity index (χ4n) is 3.54. The van der Waals surface area contributed by atoms with Gasteiger partial charge >= 0.3 is 0 Å². The van der Waals surface area contributed by atoms with Crippen molar-refractivity contribution in [2.75, 3.05) is 41.6 Å². The number of amides is 1. The molecular weight excluding hydrogens is 410 g/mol. The van der Waals surface area contributed by atoms with Gasteiger partial charge in [0.15, 0.2) is 0 Å². The number of anilines is 2. The molecule has 156 valence electrons. The Morgan fingerprint density at radius 2 is 1.90 bits per heavy atom. The van der Waals surface area contributed by atoms with E-state index < -0.39 is 10.0 Å². The van der Waals surface area contributed by atoms with E-state index in [0.717, 1.165) is 42.9 Å². The number of hydrogen-bond acceptors (Lipinski definition) is 4. The molecule has 0 saturated carbocycles. The summed E-state index contributed by atoms with van der Waals surface area (Å²) < 4.78 is 25.3. The van der Waals surface area contributed by atoms with Crippen molar-refractivity contribution in [1.82, 2.24) is 5.32 Å². The Balaban J connectivity index is 1.51. The summed E-state index contributed by atoms with van der Waals surface area (Å²) in [4.78, 5) is 14.7. The van der Waals surface area contributed by atoms with Gasteiger partial charge in [0.2, 0.25) is 15.9 Å². The zero-order chi connectivity index (χ0) is 20.9. The Morgan fingerprint density at radius 3 is 2.62 bits per heavy atom. The number of nitrogens with one attached hydrogen (secondary N) is 1. The molecule has 1 amide bonds. The second kappa shape index (κ2) is 9.50. The van der Waals surface area contributed by atoms with E-state index in [2.05, 4.69) is 34.5 Å². The van der Waals surface area contributed by atoms with Gasteiger partial charge in [-0.15, -0.1) is 0 Å². The number of carbonyl (C=O) groups excluding carboxylic acids is 1. The first-order valence-corrected chi connectivity index (χ1v) is 11.9. The number of benzene rings is 2. The molecule has 3 rings (SSSR count). The highest BCUT2D eigenvalue weighted by Crippen LogP contribution is 2.26. The van der Waals surface area contributed by atoms with Crippen LogP contribution in [0, 0.1) is 0 Å². The molecule has 0 saturated heterocycles. The maximum absolute atomic E-state index is 12.3. The van der Waals surface area contributed by atoms with Crippen LogP contribution in [-0.2, 0) is 21.2 Å². The molecule has 0 unspecified atom stereocenters. The van der Waals surface area contributed by atoms with Crippen LogP contribution in [-0.4, -0.2) is 46.8 Å². The molecule has 0 atom stereocenters. The molecule has 1 heterocycles. The number of para-hydroxylation sites is 1. The minimum Gasteiger partial charge on any atom is -0.371 e. The van der Waals surface area contributed by atoms with Crippen LogP contribution in [0.15, 0.2) is 48.5 Å². The van der Waals surface area contributed by atoms with Crippen molar-refractivity contribution in [3.63, 3.8) is 0 Å². The summed E-state index contributed by atoms with van der Waals surface area (Å²) in [7, 11) is -3.59. The third-order valence-corrected chi connectivity index (χ3v) is 6.33. The minimum atomic E-state index is -3.59. The molecule has 0 aliphatic carbocycles. The number of nitrogens with zero attached hydrogens (tertiary/aromatic N) is 2. The normalized spacial score (nSPS) is 13.7. The Kier molecular flexibility index (Phi) is 7.03. The van der Waals surface area contributed by atoms with Gasteiger partial charge in [0.05, 0.1) is 11.9 Å². The topological polar surface area (TPSA) is 69.7 Å². The summed E-state index contributed by atoms with van der Waals surface area (Å²) in [5.74, 6) is -0.329. The highest BCUT2D eigenvalue weighted by atomic mass is 35.5. The molecule has 2 aromatic rings. The van der Waals surface area contributed by atoms with Crippen molar-refractivity contribution in [2.24, 2.45) is 0 Å². The molecule has 2 aromatic carbocycles. The average Bonchev–Trinajstić information content (AvgIpc) is 2.69. The van der Waals surface area contributed by atoms with Gasteiger partial charge in [0.25, 0.3) is 0 Å². The number of rotatable bonds is 8. The highest BCUT2D eigenvalue weighted by Gasteiger charge is 2.21. The molecule has 1 aliphatic rings. The van der Waals surface area contributed by atoms with Gasteiger partial charge in [-0.2, -0.15) is 0 Å². The minimum absolute atomic E-state index is 0.257. The summed E-state index contributed by atoms with van der Waals surface area (Å²) in [5.41, 5.74) is 3.06. The Labute approximate surface area is 177 Å². The quantitative estimate of drug-likeness (QED) is 0.647. The van der Waals surface area contributed by atoms with Crippen LogP contribution < -0.4 is 14.5 Å². The number of fused-ring (bicyclic) bond motifs is 1. The zero-order valence-electron chi connectivity index (χ0n) is 16.5. The molecule has 0 spiro atoms. The lowest BCUT2D eigenvalue weighted by Crippen LogP contribution is -2.41. The highest BCUT2D eigenvalue weighted by molar-refractivity contribution is 7.92. The van der Waals surface area contributed by atoms with Crippen LogP contribution in [0.5, 0.6) is 0 Å². The maximum Gasteiger partial charge on any atom is 0.240 e. The van der Waals surface area contributed by atoms with E-state index in [9.17, 15) is 13.2 Å². The first kappa shape index (κ1) is 21.5. The average molecular weight is 436 g/mol. The molecule has 1 N–H and O–H groups in total. The van der Waals surface area contributed by atoms with Gasteiger partial charge in [-0.1, -0.05) is 29.8 Å². The smallest absolute Gasteiger partial charge is 0.240 e. The van der Waals surface area contributed by atoms with Crippen molar-refractivity contribution in [3.8, 4) is 0 Å². The van der Waals surface area contributed by atoms with E-state index in [0.29, 0.717) is 17.3 Å². The van der Waals surface area contributed by atoms with Crippen molar-refractivity contribution >= 4 is 38.9 Å². The monoisotopic (exact) mass is 435 g/mol.